The minimum atomic E-state index is -4.28. The molecule has 19 heavy (non-hydrogen) atoms. The van der Waals surface area contributed by atoms with Gasteiger partial charge >= 0.3 is 0 Å². The molecule has 0 aliphatic rings. The number of carbonyl (C=O) groups is 1. The van der Waals surface area contributed by atoms with E-state index in [0.29, 0.717) is 0 Å². The van der Waals surface area contributed by atoms with Crippen LogP contribution in [0.1, 0.15) is 0 Å². The minimum Gasteiger partial charge on any atom is -0.394 e. The van der Waals surface area contributed by atoms with Crippen molar-refractivity contribution in [2.75, 3.05) is 18.9 Å². The monoisotopic (exact) mass is 303 g/mol. The van der Waals surface area contributed by atoms with E-state index in [1.807, 2.05) is 5.32 Å². The molecule has 0 saturated carbocycles. The highest BCUT2D eigenvalue weighted by molar-refractivity contribution is 7.85. The molecule has 7 N–H and O–H groups in total. The van der Waals surface area contributed by atoms with Gasteiger partial charge in [0.25, 0.3) is 16.0 Å². The average Bonchev–Trinajstić information content (AvgIpc) is 2.33. The third kappa shape index (κ3) is 6.77. The molecule has 0 aromatic rings. The second-order valence-corrected chi connectivity index (χ2v) is 5.33. The number of aliphatic hydroxyl groups excluding tert-OH is 5. The Morgan fingerprint density at radius 3 is 2.05 bits per heavy atom. The second kappa shape index (κ2) is 7.69. The zero-order valence-electron chi connectivity index (χ0n) is 9.75. The maximum Gasteiger partial charge on any atom is 0.266 e. The van der Waals surface area contributed by atoms with Crippen LogP contribution in [0.4, 0.5) is 0 Å². The molecule has 0 aliphatic heterocycles. The summed E-state index contributed by atoms with van der Waals surface area (Å²) in [4.78, 5) is 11.2. The van der Waals surface area contributed by atoms with Crippen molar-refractivity contribution in [2.24, 2.45) is 0 Å². The van der Waals surface area contributed by atoms with Gasteiger partial charge in [-0.25, -0.2) is 0 Å². The molecule has 0 aromatic carbocycles. The van der Waals surface area contributed by atoms with Gasteiger partial charge in [0.1, 0.15) is 18.3 Å². The zero-order valence-corrected chi connectivity index (χ0v) is 10.6. The molecule has 0 saturated heterocycles. The molecule has 0 aromatic heterocycles. The summed E-state index contributed by atoms with van der Waals surface area (Å²) in [6.45, 7) is -1.41. The fourth-order valence-corrected chi connectivity index (χ4v) is 1.45. The van der Waals surface area contributed by atoms with E-state index >= 15 is 0 Å². The maximum atomic E-state index is 11.2. The largest absolute Gasteiger partial charge is 0.394 e. The summed E-state index contributed by atoms with van der Waals surface area (Å²) in [5.41, 5.74) is 0. The van der Waals surface area contributed by atoms with Crippen LogP contribution < -0.4 is 5.32 Å². The van der Waals surface area contributed by atoms with Gasteiger partial charge in [-0.3, -0.25) is 9.35 Å². The summed E-state index contributed by atoms with van der Waals surface area (Å²) in [6.07, 6.45) is -7.94. The predicted molar refractivity (Wildman–Crippen MR) is 60.5 cm³/mol. The van der Waals surface area contributed by atoms with Gasteiger partial charge in [-0.15, -0.1) is 0 Å². The molecule has 0 radical (unpaired) electrons. The van der Waals surface area contributed by atoms with Gasteiger partial charge in [0.15, 0.2) is 6.10 Å². The van der Waals surface area contributed by atoms with Crippen LogP contribution in [-0.2, 0) is 14.9 Å². The zero-order chi connectivity index (χ0) is 15.2. The highest BCUT2D eigenvalue weighted by atomic mass is 32.2. The third-order valence-corrected chi connectivity index (χ3v) is 2.90. The third-order valence-electron chi connectivity index (χ3n) is 2.18. The first-order valence-electron chi connectivity index (χ1n) is 5.16. The molecule has 0 fully saturated rings. The molecule has 0 aliphatic carbocycles. The summed E-state index contributed by atoms with van der Waals surface area (Å²) in [5.74, 6) is -2.00. The number of hydrogen-bond donors (Lipinski definition) is 7. The first-order valence-corrected chi connectivity index (χ1v) is 6.77. The summed E-state index contributed by atoms with van der Waals surface area (Å²) in [7, 11) is -4.28. The van der Waals surface area contributed by atoms with Crippen LogP contribution in [0.2, 0.25) is 0 Å². The Morgan fingerprint density at radius 1 is 1.11 bits per heavy atom. The van der Waals surface area contributed by atoms with Crippen LogP contribution >= 0.6 is 0 Å². The van der Waals surface area contributed by atoms with E-state index in [0.717, 1.165) is 0 Å². The number of nitrogens with one attached hydrogen (secondary N) is 1. The lowest BCUT2D eigenvalue weighted by Crippen LogP contribution is -2.52. The molecule has 0 spiro atoms. The van der Waals surface area contributed by atoms with Crippen molar-refractivity contribution in [1.82, 2.24) is 5.32 Å². The molecule has 1 amide bonds. The van der Waals surface area contributed by atoms with Gasteiger partial charge in [0.05, 0.1) is 12.4 Å². The van der Waals surface area contributed by atoms with Crippen LogP contribution in [0, 0.1) is 0 Å². The highest BCUT2D eigenvalue weighted by Gasteiger charge is 2.34. The molecular weight excluding hydrogens is 286 g/mol. The van der Waals surface area contributed by atoms with Crippen molar-refractivity contribution in [2.45, 2.75) is 24.4 Å². The van der Waals surface area contributed by atoms with Crippen LogP contribution in [0.3, 0.4) is 0 Å². The fourth-order valence-electron chi connectivity index (χ4n) is 1.09. The Bertz CT molecular complexity index is 384. The first-order chi connectivity index (χ1) is 8.60. The Hall–Kier alpha value is -0.820. The van der Waals surface area contributed by atoms with E-state index in [9.17, 15) is 28.5 Å². The van der Waals surface area contributed by atoms with Crippen molar-refractivity contribution in [3.8, 4) is 0 Å². The van der Waals surface area contributed by atoms with E-state index in [2.05, 4.69) is 0 Å². The average molecular weight is 303 g/mol. The van der Waals surface area contributed by atoms with Crippen molar-refractivity contribution in [3.63, 3.8) is 0 Å². The number of amides is 1. The van der Waals surface area contributed by atoms with E-state index in [-0.39, 0.29) is 0 Å². The van der Waals surface area contributed by atoms with Crippen LogP contribution in [-0.4, -0.2) is 87.7 Å². The summed E-state index contributed by atoms with van der Waals surface area (Å²) in [5, 5.41) is 47.2. The first kappa shape index (κ1) is 18.2. The Kier molecular flexibility index (Phi) is 7.36. The Balaban J connectivity index is 4.32. The normalized spacial score (nSPS) is 18.4. The van der Waals surface area contributed by atoms with Gasteiger partial charge in [-0.1, -0.05) is 0 Å². The second-order valence-electron chi connectivity index (χ2n) is 3.75. The Labute approximate surface area is 109 Å². The molecule has 10 nitrogen and oxygen atoms in total. The van der Waals surface area contributed by atoms with Gasteiger partial charge in [-0.2, -0.15) is 8.42 Å². The topological polar surface area (TPSA) is 185 Å². The van der Waals surface area contributed by atoms with Gasteiger partial charge in [0, 0.05) is 6.54 Å². The lowest BCUT2D eigenvalue weighted by atomic mass is 10.0. The number of carbonyl (C=O) groups excluding carboxylic acids is 1. The van der Waals surface area contributed by atoms with Crippen LogP contribution in [0.5, 0.6) is 0 Å². The standard InChI is InChI=1S/C8H17NO9S/c10-3-4(11)5(12)6(13)7(14)8(15)9-1-2-19(16,17)18/h4-7,10-14H,1-3H2,(H,9,15)(H,16,17,18). The summed E-state index contributed by atoms with van der Waals surface area (Å²) in [6, 6.07) is 0. The van der Waals surface area contributed by atoms with Gasteiger partial charge in [-0.05, 0) is 0 Å². The molecule has 114 valence electrons. The molecule has 0 rings (SSSR count). The van der Waals surface area contributed by atoms with E-state index < -0.39 is 59.3 Å². The fraction of sp³-hybridized carbons (Fsp3) is 0.875. The van der Waals surface area contributed by atoms with E-state index in [1.165, 1.54) is 0 Å². The van der Waals surface area contributed by atoms with E-state index in [1.54, 1.807) is 0 Å². The Morgan fingerprint density at radius 2 is 1.63 bits per heavy atom. The number of aliphatic hydroxyl groups is 5. The number of rotatable bonds is 8. The molecule has 4 unspecified atom stereocenters. The summed E-state index contributed by atoms with van der Waals surface area (Å²) < 4.78 is 29.1. The van der Waals surface area contributed by atoms with Crippen LogP contribution in [0.15, 0.2) is 0 Å². The summed E-state index contributed by atoms with van der Waals surface area (Å²) >= 11 is 0. The highest BCUT2D eigenvalue weighted by Crippen LogP contribution is 2.05. The lowest BCUT2D eigenvalue weighted by molar-refractivity contribution is -0.148. The van der Waals surface area contributed by atoms with Crippen LogP contribution in [0.25, 0.3) is 0 Å². The molecule has 0 bridgehead atoms. The smallest absolute Gasteiger partial charge is 0.266 e. The molecule has 0 heterocycles. The van der Waals surface area contributed by atoms with Crippen molar-refractivity contribution < 1.29 is 43.3 Å². The van der Waals surface area contributed by atoms with Crippen molar-refractivity contribution in [1.29, 1.82) is 0 Å². The SMILES string of the molecule is O=C(NCCS(=O)(=O)O)C(O)C(O)C(O)C(O)CO. The van der Waals surface area contributed by atoms with Crippen molar-refractivity contribution >= 4 is 16.0 Å². The molecular formula is C8H17NO9S. The predicted octanol–water partition coefficient (Wildman–Crippen LogP) is -4.57. The lowest BCUT2D eigenvalue weighted by Gasteiger charge is -2.24. The number of hydrogen-bond acceptors (Lipinski definition) is 8. The van der Waals surface area contributed by atoms with Gasteiger partial charge in [0.2, 0.25) is 0 Å². The van der Waals surface area contributed by atoms with Gasteiger partial charge < -0.3 is 30.8 Å². The quantitative estimate of drug-likeness (QED) is 0.217. The van der Waals surface area contributed by atoms with E-state index in [4.69, 9.17) is 14.8 Å². The minimum absolute atomic E-state index is 0.514. The van der Waals surface area contributed by atoms with Crippen molar-refractivity contribution in [3.05, 3.63) is 0 Å². The molecule has 11 heteroatoms. The molecule has 4 atom stereocenters. The maximum absolute atomic E-state index is 11.2.